The molecular weight excluding hydrogens is 354 g/mol. The van der Waals surface area contributed by atoms with E-state index in [1.54, 1.807) is 0 Å². The molecule has 0 unspecified atom stereocenters. The maximum Gasteiger partial charge on any atom is 0.328 e. The normalized spacial score (nSPS) is 18.0. The largest absolute Gasteiger partial charge is 0.467 e. The molecule has 1 aliphatic rings. The van der Waals surface area contributed by atoms with Gasteiger partial charge >= 0.3 is 5.97 Å². The third-order valence-electron chi connectivity index (χ3n) is 5.29. The Morgan fingerprint density at radius 1 is 1.14 bits per heavy atom. The van der Waals surface area contributed by atoms with Gasteiger partial charge in [0, 0.05) is 32.7 Å². The van der Waals surface area contributed by atoms with Crippen LogP contribution >= 0.6 is 0 Å². The quantitative estimate of drug-likeness (QED) is 0.657. The van der Waals surface area contributed by atoms with Crippen LogP contribution in [0, 0.1) is 5.92 Å². The molecule has 28 heavy (non-hydrogen) atoms. The molecule has 0 aliphatic carbocycles. The molecular formula is C22H33N3O3. The van der Waals surface area contributed by atoms with Gasteiger partial charge < -0.3 is 10.1 Å². The van der Waals surface area contributed by atoms with Gasteiger partial charge in [-0.2, -0.15) is 0 Å². The van der Waals surface area contributed by atoms with Crippen LogP contribution in [0.15, 0.2) is 36.4 Å². The number of esters is 1. The van der Waals surface area contributed by atoms with Crippen LogP contribution in [0.3, 0.4) is 0 Å². The summed E-state index contributed by atoms with van der Waals surface area (Å²) in [5, 5.41) is 2.85. The average molecular weight is 388 g/mol. The number of ether oxygens (including phenoxy) is 1. The summed E-state index contributed by atoms with van der Waals surface area (Å²) < 4.78 is 4.83. The number of rotatable bonds is 9. The van der Waals surface area contributed by atoms with E-state index in [0.29, 0.717) is 6.54 Å². The summed E-state index contributed by atoms with van der Waals surface area (Å²) in [4.78, 5) is 28.8. The van der Waals surface area contributed by atoms with Gasteiger partial charge in [0.1, 0.15) is 6.04 Å². The van der Waals surface area contributed by atoms with Crippen molar-refractivity contribution >= 4 is 18.0 Å². The van der Waals surface area contributed by atoms with Crippen LogP contribution in [0.5, 0.6) is 0 Å². The Bertz CT molecular complexity index is 640. The fraction of sp³-hybridized carbons (Fsp3) is 0.545. The molecule has 0 spiro atoms. The van der Waals surface area contributed by atoms with E-state index >= 15 is 0 Å². The van der Waals surface area contributed by atoms with Gasteiger partial charge in [0.25, 0.3) is 0 Å². The number of nitrogens with zero attached hydrogens (tertiary/aromatic N) is 2. The van der Waals surface area contributed by atoms with Crippen molar-refractivity contribution in [3.63, 3.8) is 0 Å². The minimum atomic E-state index is -0.577. The third-order valence-corrected chi connectivity index (χ3v) is 5.29. The number of carbonyl (C=O) groups is 2. The predicted molar refractivity (Wildman–Crippen MR) is 112 cm³/mol. The lowest BCUT2D eigenvalue weighted by molar-refractivity contribution is -0.146. The van der Waals surface area contributed by atoms with Gasteiger partial charge in [-0.1, -0.05) is 62.8 Å². The average Bonchev–Trinajstić information content (AvgIpc) is 2.73. The van der Waals surface area contributed by atoms with Crippen molar-refractivity contribution in [2.75, 3.05) is 46.4 Å². The number of carbonyl (C=O) groups excluding carboxylic acids is 2. The second-order valence-electron chi connectivity index (χ2n) is 7.34. The summed E-state index contributed by atoms with van der Waals surface area (Å²) in [5.74, 6) is -0.449. The Kier molecular flexibility index (Phi) is 9.17. The van der Waals surface area contributed by atoms with Crippen LogP contribution < -0.4 is 5.32 Å². The van der Waals surface area contributed by atoms with Gasteiger partial charge in [-0.25, -0.2) is 4.79 Å². The molecule has 0 radical (unpaired) electrons. The Morgan fingerprint density at radius 3 is 2.39 bits per heavy atom. The first-order valence-corrected chi connectivity index (χ1v) is 10.1. The molecule has 1 aromatic rings. The first-order chi connectivity index (χ1) is 13.5. The molecule has 0 saturated carbocycles. The standard InChI is InChI=1S/C22H33N3O3/c1-4-18(2)21(22(27)28-3)23-20(26)17-25-15-13-24(14-16-25)12-8-11-19-9-6-5-7-10-19/h5-11,18,21H,4,12-17H2,1-3H3,(H,23,26)/b11-8+/t18-,21-/m1/s1. The molecule has 6 heteroatoms. The minimum Gasteiger partial charge on any atom is -0.467 e. The Morgan fingerprint density at radius 2 is 1.79 bits per heavy atom. The number of piperazine rings is 1. The number of hydrogen-bond acceptors (Lipinski definition) is 5. The molecule has 2 atom stereocenters. The molecule has 1 aliphatic heterocycles. The van der Waals surface area contributed by atoms with Gasteiger partial charge in [0.2, 0.25) is 5.91 Å². The van der Waals surface area contributed by atoms with E-state index in [4.69, 9.17) is 4.74 Å². The van der Waals surface area contributed by atoms with Crippen LogP contribution in [-0.2, 0) is 14.3 Å². The second kappa shape index (κ2) is 11.6. The van der Waals surface area contributed by atoms with E-state index in [-0.39, 0.29) is 17.8 Å². The SMILES string of the molecule is CC[C@@H](C)[C@@H](NC(=O)CN1CCN(C/C=C/c2ccccc2)CC1)C(=O)OC. The topological polar surface area (TPSA) is 61.9 Å². The molecule has 0 bridgehead atoms. The first kappa shape index (κ1) is 22.1. The summed E-state index contributed by atoms with van der Waals surface area (Å²) in [6, 6.07) is 9.70. The Labute approximate surface area is 168 Å². The summed E-state index contributed by atoms with van der Waals surface area (Å²) in [6.07, 6.45) is 5.13. The van der Waals surface area contributed by atoms with Crippen molar-refractivity contribution in [3.05, 3.63) is 42.0 Å². The highest BCUT2D eigenvalue weighted by Gasteiger charge is 2.27. The minimum absolute atomic E-state index is 0.0460. The zero-order valence-electron chi connectivity index (χ0n) is 17.3. The maximum atomic E-state index is 12.4. The molecule has 1 aromatic carbocycles. The number of amides is 1. The summed E-state index contributed by atoms with van der Waals surface area (Å²) in [5.41, 5.74) is 1.21. The predicted octanol–water partition coefficient (Wildman–Crippen LogP) is 2.02. The molecule has 1 N–H and O–H groups in total. The number of benzene rings is 1. The molecule has 1 saturated heterocycles. The fourth-order valence-corrected chi connectivity index (χ4v) is 3.25. The van der Waals surface area contributed by atoms with E-state index in [1.807, 2.05) is 32.0 Å². The highest BCUT2D eigenvalue weighted by Crippen LogP contribution is 2.10. The molecule has 2 rings (SSSR count). The summed E-state index contributed by atoms with van der Waals surface area (Å²) in [7, 11) is 1.36. The van der Waals surface area contributed by atoms with Crippen LogP contribution in [0.25, 0.3) is 6.08 Å². The van der Waals surface area contributed by atoms with Gasteiger partial charge in [-0.3, -0.25) is 14.6 Å². The Balaban J connectivity index is 1.73. The van der Waals surface area contributed by atoms with E-state index in [2.05, 4.69) is 39.4 Å². The number of nitrogens with one attached hydrogen (secondary N) is 1. The van der Waals surface area contributed by atoms with Crippen molar-refractivity contribution in [2.24, 2.45) is 5.92 Å². The number of methoxy groups -OCH3 is 1. The molecule has 0 aromatic heterocycles. The fourth-order valence-electron chi connectivity index (χ4n) is 3.25. The van der Waals surface area contributed by atoms with Crippen molar-refractivity contribution in [2.45, 2.75) is 26.3 Å². The van der Waals surface area contributed by atoms with Crippen LogP contribution in [0.1, 0.15) is 25.8 Å². The summed E-state index contributed by atoms with van der Waals surface area (Å²) >= 11 is 0. The Hall–Kier alpha value is -2.18. The smallest absolute Gasteiger partial charge is 0.328 e. The van der Waals surface area contributed by atoms with Crippen molar-refractivity contribution < 1.29 is 14.3 Å². The van der Waals surface area contributed by atoms with E-state index < -0.39 is 6.04 Å². The third kappa shape index (κ3) is 7.09. The van der Waals surface area contributed by atoms with E-state index in [1.165, 1.54) is 12.7 Å². The lowest BCUT2D eigenvalue weighted by Crippen LogP contribution is -2.52. The molecule has 6 nitrogen and oxygen atoms in total. The van der Waals surface area contributed by atoms with Gasteiger partial charge in [-0.05, 0) is 11.5 Å². The lowest BCUT2D eigenvalue weighted by atomic mass is 9.99. The zero-order valence-corrected chi connectivity index (χ0v) is 17.3. The molecule has 1 amide bonds. The highest BCUT2D eigenvalue weighted by molar-refractivity contribution is 5.85. The monoisotopic (exact) mass is 387 g/mol. The highest BCUT2D eigenvalue weighted by atomic mass is 16.5. The van der Waals surface area contributed by atoms with Crippen molar-refractivity contribution in [1.29, 1.82) is 0 Å². The molecule has 1 heterocycles. The molecule has 1 fully saturated rings. The number of hydrogen-bond donors (Lipinski definition) is 1. The van der Waals surface area contributed by atoms with Crippen LogP contribution in [0.2, 0.25) is 0 Å². The van der Waals surface area contributed by atoms with Crippen LogP contribution in [0.4, 0.5) is 0 Å². The van der Waals surface area contributed by atoms with Crippen LogP contribution in [-0.4, -0.2) is 74.1 Å². The van der Waals surface area contributed by atoms with Crippen molar-refractivity contribution in [3.8, 4) is 0 Å². The van der Waals surface area contributed by atoms with E-state index in [0.717, 1.165) is 39.1 Å². The zero-order chi connectivity index (χ0) is 20.4. The van der Waals surface area contributed by atoms with Gasteiger partial charge in [-0.15, -0.1) is 0 Å². The van der Waals surface area contributed by atoms with E-state index in [9.17, 15) is 9.59 Å². The lowest BCUT2D eigenvalue weighted by Gasteiger charge is -2.34. The van der Waals surface area contributed by atoms with Crippen molar-refractivity contribution in [1.82, 2.24) is 15.1 Å². The second-order valence-corrected chi connectivity index (χ2v) is 7.34. The molecule has 154 valence electrons. The first-order valence-electron chi connectivity index (χ1n) is 10.1. The maximum absolute atomic E-state index is 12.4. The summed E-state index contributed by atoms with van der Waals surface area (Å²) in [6.45, 7) is 8.72. The van der Waals surface area contributed by atoms with Gasteiger partial charge in [0.05, 0.1) is 13.7 Å². The van der Waals surface area contributed by atoms with Gasteiger partial charge in [0.15, 0.2) is 0 Å².